The molecule has 0 aromatic heterocycles. The maximum Gasteiger partial charge on any atom is 0.302 e. The van der Waals surface area contributed by atoms with Gasteiger partial charge in [-0.3, -0.25) is 4.79 Å². The molecule has 0 radical (unpaired) electrons. The minimum atomic E-state index is -4.53. The molecule has 7 heteroatoms. The van der Waals surface area contributed by atoms with Crippen LogP contribution in [-0.4, -0.2) is 38.6 Å². The number of benzene rings is 1. The second-order valence-corrected chi connectivity index (χ2v) is 6.31. The Morgan fingerprint density at radius 3 is 2.55 bits per heavy atom. The number of amides is 1. The molecule has 20 heavy (non-hydrogen) atoms. The smallest absolute Gasteiger partial charge is 0.302 e. The van der Waals surface area contributed by atoms with Gasteiger partial charge in [0.1, 0.15) is 5.75 Å². The topological polar surface area (TPSA) is 63.7 Å². The van der Waals surface area contributed by atoms with Crippen LogP contribution in [0.15, 0.2) is 24.3 Å². The maximum atomic E-state index is 12.6. The molecule has 1 unspecified atom stereocenters. The minimum absolute atomic E-state index is 0.0826. The maximum absolute atomic E-state index is 12.6. The number of carbonyl (C=O) groups is 1. The number of halogens is 1. The molecule has 1 fully saturated rings. The highest BCUT2D eigenvalue weighted by Gasteiger charge is 2.32. The number of hydrogen-bond acceptors (Lipinski definition) is 4. The molecule has 0 spiro atoms. The summed E-state index contributed by atoms with van der Waals surface area (Å²) in [6.45, 7) is 0.666. The van der Waals surface area contributed by atoms with Crippen molar-refractivity contribution in [2.24, 2.45) is 5.92 Å². The van der Waals surface area contributed by atoms with E-state index in [-0.39, 0.29) is 18.9 Å². The van der Waals surface area contributed by atoms with Gasteiger partial charge in [0, 0.05) is 25.4 Å². The van der Waals surface area contributed by atoms with E-state index in [1.54, 1.807) is 24.1 Å². The molecule has 1 aromatic rings. The van der Waals surface area contributed by atoms with Gasteiger partial charge in [-0.2, -0.15) is 8.42 Å². The summed E-state index contributed by atoms with van der Waals surface area (Å²) in [7, 11) is -2.96. The lowest BCUT2D eigenvalue weighted by Gasteiger charge is -2.16. The average Bonchev–Trinajstić information content (AvgIpc) is 2.68. The van der Waals surface area contributed by atoms with Crippen molar-refractivity contribution < 1.29 is 21.8 Å². The molecule has 0 N–H and O–H groups in total. The lowest BCUT2D eigenvalue weighted by atomic mass is 10.1. The highest BCUT2D eigenvalue weighted by atomic mass is 32.3. The highest BCUT2D eigenvalue weighted by molar-refractivity contribution is 7.86. The van der Waals surface area contributed by atoms with Crippen molar-refractivity contribution in [1.29, 1.82) is 0 Å². The molecule has 1 aliphatic heterocycles. The Balaban J connectivity index is 1.97. The first-order valence-corrected chi connectivity index (χ1v) is 7.75. The van der Waals surface area contributed by atoms with Crippen LogP contribution in [0.2, 0.25) is 0 Å². The normalized spacial score (nSPS) is 19.4. The lowest BCUT2D eigenvalue weighted by molar-refractivity contribution is -0.128. The van der Waals surface area contributed by atoms with Crippen LogP contribution in [-0.2, 0) is 21.6 Å². The molecule has 0 aliphatic carbocycles. The van der Waals surface area contributed by atoms with Crippen molar-refractivity contribution in [2.75, 3.05) is 19.4 Å². The summed E-state index contributed by atoms with van der Waals surface area (Å²) >= 11 is 0. The van der Waals surface area contributed by atoms with Crippen LogP contribution in [0.1, 0.15) is 12.0 Å². The standard InChI is InChI=1S/C13H16FNO4S/c1-19-12-4-2-10(3-5-12)7-15-8-11(6-13(15)16)9-20(14,17)18/h2-5,11H,6-9H2,1H3. The van der Waals surface area contributed by atoms with Gasteiger partial charge in [-0.15, -0.1) is 3.89 Å². The largest absolute Gasteiger partial charge is 0.497 e. The van der Waals surface area contributed by atoms with E-state index in [0.29, 0.717) is 6.54 Å². The zero-order chi connectivity index (χ0) is 14.8. The summed E-state index contributed by atoms with van der Waals surface area (Å²) in [4.78, 5) is 13.3. The van der Waals surface area contributed by atoms with Crippen molar-refractivity contribution in [3.05, 3.63) is 29.8 Å². The first-order valence-electron chi connectivity index (χ1n) is 6.20. The number of rotatable bonds is 5. The zero-order valence-electron chi connectivity index (χ0n) is 11.1. The average molecular weight is 301 g/mol. The zero-order valence-corrected chi connectivity index (χ0v) is 11.9. The van der Waals surface area contributed by atoms with Crippen LogP contribution in [0.25, 0.3) is 0 Å². The van der Waals surface area contributed by atoms with Crippen LogP contribution in [0.3, 0.4) is 0 Å². The molecule has 1 aliphatic rings. The Bertz CT molecular complexity index is 585. The van der Waals surface area contributed by atoms with Gasteiger partial charge < -0.3 is 9.64 Å². The van der Waals surface area contributed by atoms with E-state index >= 15 is 0 Å². The highest BCUT2D eigenvalue weighted by Crippen LogP contribution is 2.22. The SMILES string of the molecule is COc1ccc(CN2CC(CS(=O)(=O)F)CC2=O)cc1. The third-order valence-electron chi connectivity index (χ3n) is 3.26. The summed E-state index contributed by atoms with van der Waals surface area (Å²) in [6, 6.07) is 7.26. The van der Waals surface area contributed by atoms with Crippen LogP contribution in [0.4, 0.5) is 3.89 Å². The van der Waals surface area contributed by atoms with Gasteiger partial charge in [0.05, 0.1) is 12.9 Å². The molecular weight excluding hydrogens is 285 g/mol. The summed E-state index contributed by atoms with van der Waals surface area (Å²) in [6.07, 6.45) is 0.0826. The molecule has 1 saturated heterocycles. The van der Waals surface area contributed by atoms with E-state index in [1.807, 2.05) is 12.1 Å². The lowest BCUT2D eigenvalue weighted by Crippen LogP contribution is -2.25. The Hall–Kier alpha value is -1.63. The van der Waals surface area contributed by atoms with Crippen molar-refractivity contribution in [1.82, 2.24) is 4.90 Å². The van der Waals surface area contributed by atoms with Crippen LogP contribution in [0.5, 0.6) is 5.75 Å². The van der Waals surface area contributed by atoms with E-state index in [2.05, 4.69) is 0 Å². The molecule has 0 bridgehead atoms. The Kier molecular flexibility index (Phi) is 4.27. The van der Waals surface area contributed by atoms with Gasteiger partial charge in [-0.05, 0) is 17.7 Å². The quantitative estimate of drug-likeness (QED) is 0.770. The van der Waals surface area contributed by atoms with E-state index in [4.69, 9.17) is 4.74 Å². The van der Waals surface area contributed by atoms with Crippen molar-refractivity contribution in [2.45, 2.75) is 13.0 Å². The van der Waals surface area contributed by atoms with E-state index in [9.17, 15) is 17.1 Å². The second kappa shape index (κ2) is 5.78. The molecule has 5 nitrogen and oxygen atoms in total. The van der Waals surface area contributed by atoms with E-state index < -0.39 is 21.9 Å². The third-order valence-corrected chi connectivity index (χ3v) is 4.13. The van der Waals surface area contributed by atoms with Gasteiger partial charge in [0.2, 0.25) is 5.91 Å². The summed E-state index contributed by atoms with van der Waals surface area (Å²) in [5.74, 6) is -0.467. The van der Waals surface area contributed by atoms with Gasteiger partial charge in [0.25, 0.3) is 0 Å². The van der Waals surface area contributed by atoms with E-state index in [0.717, 1.165) is 11.3 Å². The third kappa shape index (κ3) is 3.93. The molecule has 110 valence electrons. The fourth-order valence-corrected chi connectivity index (χ4v) is 3.14. The molecule has 1 heterocycles. The second-order valence-electron chi connectivity index (χ2n) is 4.90. The molecular formula is C13H16FNO4S. The van der Waals surface area contributed by atoms with Crippen LogP contribution < -0.4 is 4.74 Å². The summed E-state index contributed by atoms with van der Waals surface area (Å²) < 4.78 is 38.9. The first-order chi connectivity index (χ1) is 9.37. The molecule has 0 saturated carbocycles. The molecule has 1 atom stereocenters. The number of likely N-dealkylation sites (tertiary alicyclic amines) is 1. The monoisotopic (exact) mass is 301 g/mol. The molecule has 2 rings (SSSR count). The Labute approximate surface area is 117 Å². The minimum Gasteiger partial charge on any atom is -0.497 e. The van der Waals surface area contributed by atoms with Gasteiger partial charge >= 0.3 is 10.2 Å². The van der Waals surface area contributed by atoms with Crippen molar-refractivity contribution in [3.63, 3.8) is 0 Å². The molecule has 1 amide bonds. The number of carbonyl (C=O) groups excluding carboxylic acids is 1. The van der Waals surface area contributed by atoms with Gasteiger partial charge in [0.15, 0.2) is 0 Å². The van der Waals surface area contributed by atoms with Gasteiger partial charge in [-0.25, -0.2) is 0 Å². The number of ether oxygens (including phenoxy) is 1. The first kappa shape index (κ1) is 14.8. The van der Waals surface area contributed by atoms with Crippen molar-refractivity contribution in [3.8, 4) is 5.75 Å². The fourth-order valence-electron chi connectivity index (χ4n) is 2.35. The van der Waals surface area contributed by atoms with Crippen LogP contribution in [0, 0.1) is 5.92 Å². The Morgan fingerprint density at radius 2 is 2.00 bits per heavy atom. The summed E-state index contributed by atoms with van der Waals surface area (Å²) in [5, 5.41) is 0. The predicted octanol–water partition coefficient (Wildman–Crippen LogP) is 1.34. The predicted molar refractivity (Wildman–Crippen MR) is 71.4 cm³/mol. The number of hydrogen-bond donors (Lipinski definition) is 0. The van der Waals surface area contributed by atoms with Gasteiger partial charge in [-0.1, -0.05) is 12.1 Å². The Morgan fingerprint density at radius 1 is 1.35 bits per heavy atom. The molecule has 1 aromatic carbocycles. The van der Waals surface area contributed by atoms with Crippen molar-refractivity contribution >= 4 is 16.1 Å². The number of nitrogens with zero attached hydrogens (tertiary/aromatic N) is 1. The summed E-state index contributed by atoms with van der Waals surface area (Å²) in [5.41, 5.74) is 0.919. The van der Waals surface area contributed by atoms with E-state index in [1.165, 1.54) is 0 Å². The fraction of sp³-hybridized carbons (Fsp3) is 0.462. The number of methoxy groups -OCH3 is 1. The van der Waals surface area contributed by atoms with Crippen LogP contribution >= 0.6 is 0 Å².